The van der Waals surface area contributed by atoms with Crippen LogP contribution >= 0.6 is 31.9 Å². The van der Waals surface area contributed by atoms with Crippen molar-refractivity contribution in [1.82, 2.24) is 9.78 Å². The SMILES string of the molecule is Brc1ccc(Br)c(-n2cccn2)c1. The van der Waals surface area contributed by atoms with Gasteiger partial charge in [0.2, 0.25) is 0 Å². The monoisotopic (exact) mass is 300 g/mol. The summed E-state index contributed by atoms with van der Waals surface area (Å²) in [5.74, 6) is 0. The Morgan fingerprint density at radius 2 is 2.08 bits per heavy atom. The average Bonchev–Trinajstić information content (AvgIpc) is 2.61. The van der Waals surface area contributed by atoms with Crippen LogP contribution in [0.3, 0.4) is 0 Å². The lowest BCUT2D eigenvalue weighted by Gasteiger charge is -2.04. The Morgan fingerprint density at radius 3 is 2.77 bits per heavy atom. The number of hydrogen-bond acceptors (Lipinski definition) is 1. The molecule has 0 saturated carbocycles. The zero-order chi connectivity index (χ0) is 9.26. The maximum absolute atomic E-state index is 4.15. The van der Waals surface area contributed by atoms with E-state index in [1.807, 2.05) is 35.1 Å². The Morgan fingerprint density at radius 1 is 1.23 bits per heavy atom. The van der Waals surface area contributed by atoms with Crippen LogP contribution < -0.4 is 0 Å². The molecule has 1 aromatic heterocycles. The highest BCUT2D eigenvalue weighted by molar-refractivity contribution is 9.11. The smallest absolute Gasteiger partial charge is 0.0798 e. The van der Waals surface area contributed by atoms with Crippen molar-refractivity contribution in [3.05, 3.63) is 45.6 Å². The van der Waals surface area contributed by atoms with Gasteiger partial charge < -0.3 is 0 Å². The molecule has 2 nitrogen and oxygen atoms in total. The van der Waals surface area contributed by atoms with Crippen molar-refractivity contribution >= 4 is 31.9 Å². The first kappa shape index (κ1) is 8.97. The highest BCUT2D eigenvalue weighted by atomic mass is 79.9. The fraction of sp³-hybridized carbons (Fsp3) is 0. The third-order valence-electron chi connectivity index (χ3n) is 1.66. The van der Waals surface area contributed by atoms with Crippen LogP contribution in [0.4, 0.5) is 0 Å². The molecule has 0 unspecified atom stereocenters. The predicted octanol–water partition coefficient (Wildman–Crippen LogP) is 3.40. The largest absolute Gasteiger partial charge is 0.240 e. The van der Waals surface area contributed by atoms with E-state index in [4.69, 9.17) is 0 Å². The van der Waals surface area contributed by atoms with Gasteiger partial charge in [-0.2, -0.15) is 5.10 Å². The van der Waals surface area contributed by atoms with Crippen LogP contribution in [0.1, 0.15) is 0 Å². The molecule has 0 aliphatic heterocycles. The van der Waals surface area contributed by atoms with E-state index in [1.165, 1.54) is 0 Å². The van der Waals surface area contributed by atoms with E-state index in [1.54, 1.807) is 6.20 Å². The minimum atomic E-state index is 1.03. The quantitative estimate of drug-likeness (QED) is 0.789. The van der Waals surface area contributed by atoms with E-state index in [0.717, 1.165) is 14.6 Å². The van der Waals surface area contributed by atoms with Gasteiger partial charge in [-0.25, -0.2) is 4.68 Å². The lowest BCUT2D eigenvalue weighted by molar-refractivity contribution is 0.875. The molecule has 0 spiro atoms. The molecule has 0 N–H and O–H groups in total. The molecule has 13 heavy (non-hydrogen) atoms. The van der Waals surface area contributed by atoms with Crippen molar-refractivity contribution in [2.24, 2.45) is 0 Å². The molecule has 1 aromatic carbocycles. The molecule has 0 bridgehead atoms. The Kier molecular flexibility index (Phi) is 2.51. The lowest BCUT2D eigenvalue weighted by atomic mass is 10.3. The molecule has 0 atom stereocenters. The number of rotatable bonds is 1. The molecular weight excluding hydrogens is 296 g/mol. The third-order valence-corrected chi connectivity index (χ3v) is 2.82. The van der Waals surface area contributed by atoms with Crippen molar-refractivity contribution in [2.75, 3.05) is 0 Å². The molecule has 0 aliphatic carbocycles. The summed E-state index contributed by atoms with van der Waals surface area (Å²) in [6.45, 7) is 0. The van der Waals surface area contributed by atoms with Crippen molar-refractivity contribution in [1.29, 1.82) is 0 Å². The number of benzene rings is 1. The highest BCUT2D eigenvalue weighted by Gasteiger charge is 2.02. The molecule has 0 radical (unpaired) electrons. The second-order valence-electron chi connectivity index (χ2n) is 2.55. The van der Waals surface area contributed by atoms with E-state index in [9.17, 15) is 0 Å². The molecule has 2 aromatic rings. The molecule has 0 amide bonds. The maximum atomic E-state index is 4.15. The van der Waals surface area contributed by atoms with E-state index >= 15 is 0 Å². The first-order chi connectivity index (χ1) is 6.27. The van der Waals surface area contributed by atoms with Crippen LogP contribution in [0, 0.1) is 0 Å². The first-order valence-corrected chi connectivity index (χ1v) is 5.31. The minimum absolute atomic E-state index is 1.03. The Bertz CT molecular complexity index is 410. The van der Waals surface area contributed by atoms with Gasteiger partial charge in [0.05, 0.1) is 5.69 Å². The summed E-state index contributed by atoms with van der Waals surface area (Å²) in [5, 5.41) is 4.15. The van der Waals surface area contributed by atoms with Gasteiger partial charge in [-0.05, 0) is 40.2 Å². The van der Waals surface area contributed by atoms with E-state index in [-0.39, 0.29) is 0 Å². The van der Waals surface area contributed by atoms with Crippen molar-refractivity contribution in [2.45, 2.75) is 0 Å². The van der Waals surface area contributed by atoms with E-state index < -0.39 is 0 Å². The number of nitrogens with zero attached hydrogens (tertiary/aromatic N) is 2. The van der Waals surface area contributed by atoms with Crippen LogP contribution in [0.5, 0.6) is 0 Å². The van der Waals surface area contributed by atoms with Gasteiger partial charge in [-0.3, -0.25) is 0 Å². The molecule has 2 rings (SSSR count). The summed E-state index contributed by atoms with van der Waals surface area (Å²) in [6, 6.07) is 7.88. The van der Waals surface area contributed by atoms with Gasteiger partial charge in [-0.1, -0.05) is 15.9 Å². The topological polar surface area (TPSA) is 17.8 Å². The van der Waals surface area contributed by atoms with Gasteiger partial charge in [-0.15, -0.1) is 0 Å². The van der Waals surface area contributed by atoms with Gasteiger partial charge >= 0.3 is 0 Å². The number of hydrogen-bond donors (Lipinski definition) is 0. The molecule has 66 valence electrons. The summed E-state index contributed by atoms with van der Waals surface area (Å²) in [5.41, 5.74) is 1.03. The van der Waals surface area contributed by atoms with E-state index in [0.29, 0.717) is 0 Å². The third kappa shape index (κ3) is 1.84. The molecular formula is C9H6Br2N2. The average molecular weight is 302 g/mol. The normalized spacial score (nSPS) is 10.3. The van der Waals surface area contributed by atoms with Crippen molar-refractivity contribution in [3.8, 4) is 5.69 Å². The van der Waals surface area contributed by atoms with Crippen LogP contribution in [0.15, 0.2) is 45.6 Å². The number of aromatic nitrogens is 2. The summed E-state index contributed by atoms with van der Waals surface area (Å²) in [7, 11) is 0. The Labute approximate surface area is 92.8 Å². The van der Waals surface area contributed by atoms with Crippen LogP contribution in [-0.2, 0) is 0 Å². The van der Waals surface area contributed by atoms with Crippen LogP contribution in [0.2, 0.25) is 0 Å². The van der Waals surface area contributed by atoms with Gasteiger partial charge in [0.1, 0.15) is 0 Å². The molecule has 0 fully saturated rings. The lowest BCUT2D eigenvalue weighted by Crippen LogP contribution is -1.94. The zero-order valence-electron chi connectivity index (χ0n) is 6.61. The van der Waals surface area contributed by atoms with Gasteiger partial charge in [0.15, 0.2) is 0 Å². The van der Waals surface area contributed by atoms with E-state index in [2.05, 4.69) is 37.0 Å². The van der Waals surface area contributed by atoms with Crippen LogP contribution in [-0.4, -0.2) is 9.78 Å². The highest BCUT2D eigenvalue weighted by Crippen LogP contribution is 2.24. The second kappa shape index (κ2) is 3.64. The van der Waals surface area contributed by atoms with Crippen molar-refractivity contribution < 1.29 is 0 Å². The fourth-order valence-corrected chi connectivity index (χ4v) is 1.85. The molecule has 0 saturated heterocycles. The van der Waals surface area contributed by atoms with Crippen molar-refractivity contribution in [3.63, 3.8) is 0 Å². The second-order valence-corrected chi connectivity index (χ2v) is 4.32. The minimum Gasteiger partial charge on any atom is -0.240 e. The first-order valence-electron chi connectivity index (χ1n) is 3.72. The van der Waals surface area contributed by atoms with Gasteiger partial charge in [0, 0.05) is 21.3 Å². The Hall–Kier alpha value is -0.610. The standard InChI is InChI=1S/C9H6Br2N2/c10-7-2-3-8(11)9(6-7)13-5-1-4-12-13/h1-6H. The summed E-state index contributed by atoms with van der Waals surface area (Å²) < 4.78 is 3.88. The number of halogens is 2. The van der Waals surface area contributed by atoms with Gasteiger partial charge in [0.25, 0.3) is 0 Å². The zero-order valence-corrected chi connectivity index (χ0v) is 9.79. The van der Waals surface area contributed by atoms with Crippen LogP contribution in [0.25, 0.3) is 5.69 Å². The molecule has 4 heteroatoms. The maximum Gasteiger partial charge on any atom is 0.0798 e. The molecule has 0 aliphatic rings. The predicted molar refractivity (Wildman–Crippen MR) is 59.0 cm³/mol. The molecule has 1 heterocycles. The summed E-state index contributed by atoms with van der Waals surface area (Å²) in [4.78, 5) is 0. The fourth-order valence-electron chi connectivity index (χ4n) is 1.07. The summed E-state index contributed by atoms with van der Waals surface area (Å²) in [6.07, 6.45) is 3.67. The Balaban J connectivity index is 2.57. The summed E-state index contributed by atoms with van der Waals surface area (Å²) >= 11 is 6.89.